The van der Waals surface area contributed by atoms with Crippen molar-refractivity contribution in [2.75, 3.05) is 18.8 Å². The van der Waals surface area contributed by atoms with Crippen molar-refractivity contribution >= 4 is 5.82 Å². The molecular formula is C15H17FN4O2. The zero-order valence-electron chi connectivity index (χ0n) is 11.9. The average molecular weight is 304 g/mol. The van der Waals surface area contributed by atoms with Crippen molar-refractivity contribution in [3.63, 3.8) is 0 Å². The van der Waals surface area contributed by atoms with Gasteiger partial charge in [0.15, 0.2) is 5.82 Å². The van der Waals surface area contributed by atoms with Gasteiger partial charge in [-0.05, 0) is 31.5 Å². The van der Waals surface area contributed by atoms with Crippen molar-refractivity contribution in [2.45, 2.75) is 18.9 Å². The summed E-state index contributed by atoms with van der Waals surface area (Å²) in [4.78, 5) is 16.2. The Bertz CT molecular complexity index is 733. The number of nitrogens with one attached hydrogen (secondary N) is 1. The van der Waals surface area contributed by atoms with Crippen LogP contribution in [-0.2, 0) is 0 Å². The number of hydrogen-bond donors (Lipinski definition) is 3. The van der Waals surface area contributed by atoms with E-state index in [0.29, 0.717) is 6.54 Å². The first-order valence-corrected chi connectivity index (χ1v) is 7.15. The quantitative estimate of drug-likeness (QED) is 0.776. The monoisotopic (exact) mass is 304 g/mol. The van der Waals surface area contributed by atoms with Crippen LogP contribution >= 0.6 is 0 Å². The fourth-order valence-electron chi connectivity index (χ4n) is 2.76. The summed E-state index contributed by atoms with van der Waals surface area (Å²) in [5.74, 6) is -1.05. The molecule has 2 aromatic rings. The van der Waals surface area contributed by atoms with E-state index in [0.717, 1.165) is 19.4 Å². The van der Waals surface area contributed by atoms with Crippen molar-refractivity contribution in [2.24, 2.45) is 0 Å². The summed E-state index contributed by atoms with van der Waals surface area (Å²) < 4.78 is 15.5. The van der Waals surface area contributed by atoms with Crippen LogP contribution in [0.5, 0.6) is 5.75 Å². The number of phenolic OH excluding ortho intramolecular Hbond substituents is 1. The second-order valence-electron chi connectivity index (χ2n) is 5.36. The number of nitrogens with zero attached hydrogens (tertiary/aromatic N) is 2. The van der Waals surface area contributed by atoms with Crippen LogP contribution in [0.4, 0.5) is 10.2 Å². The molecule has 116 valence electrons. The van der Waals surface area contributed by atoms with E-state index < -0.39 is 11.4 Å². The second-order valence-corrected chi connectivity index (χ2v) is 5.36. The number of nitrogen functional groups attached to an aromatic ring is 1. The summed E-state index contributed by atoms with van der Waals surface area (Å²) in [6.45, 7) is 1.55. The molecule has 7 heteroatoms. The Labute approximate surface area is 126 Å². The van der Waals surface area contributed by atoms with Gasteiger partial charge >= 0.3 is 0 Å². The lowest BCUT2D eigenvalue weighted by atomic mass is 10.1. The SMILES string of the molecule is Nc1nc(-c2c(O)cccc2F)cn(C2CCCNC2)c1=O. The molecule has 4 N–H and O–H groups in total. The lowest BCUT2D eigenvalue weighted by molar-refractivity contribution is 0.364. The van der Waals surface area contributed by atoms with Gasteiger partial charge in [-0.25, -0.2) is 9.37 Å². The molecule has 22 heavy (non-hydrogen) atoms. The minimum atomic E-state index is -0.612. The number of halogens is 1. The van der Waals surface area contributed by atoms with E-state index in [1.165, 1.54) is 29.0 Å². The lowest BCUT2D eigenvalue weighted by Gasteiger charge is -2.25. The maximum atomic E-state index is 14.0. The van der Waals surface area contributed by atoms with Crippen LogP contribution < -0.4 is 16.6 Å². The summed E-state index contributed by atoms with van der Waals surface area (Å²) in [6.07, 6.45) is 3.24. The van der Waals surface area contributed by atoms with Crippen LogP contribution in [0.25, 0.3) is 11.3 Å². The zero-order valence-corrected chi connectivity index (χ0v) is 11.9. The number of piperidine rings is 1. The standard InChI is InChI=1S/C15H17FN4O2/c16-10-4-1-5-12(21)13(10)11-8-20(15(22)14(17)19-11)9-3-2-6-18-7-9/h1,4-5,8-9,18,21H,2-3,6-7H2,(H2,17,19). The molecule has 1 aliphatic heterocycles. The first-order chi connectivity index (χ1) is 10.6. The van der Waals surface area contributed by atoms with Crippen LogP contribution in [0.2, 0.25) is 0 Å². The Kier molecular flexibility index (Phi) is 3.81. The molecule has 1 atom stereocenters. The fourth-order valence-corrected chi connectivity index (χ4v) is 2.76. The van der Waals surface area contributed by atoms with Gasteiger partial charge in [-0.3, -0.25) is 4.79 Å². The Morgan fingerprint density at radius 1 is 1.45 bits per heavy atom. The Hall–Kier alpha value is -2.41. The molecule has 0 aliphatic carbocycles. The molecule has 1 saturated heterocycles. The number of benzene rings is 1. The Morgan fingerprint density at radius 2 is 2.27 bits per heavy atom. The molecule has 1 aromatic heterocycles. The third-order valence-electron chi connectivity index (χ3n) is 3.87. The molecule has 3 rings (SSSR count). The fraction of sp³-hybridized carbons (Fsp3) is 0.333. The average Bonchev–Trinajstić information content (AvgIpc) is 2.51. The summed E-state index contributed by atoms with van der Waals surface area (Å²) in [5.41, 5.74) is 5.40. The van der Waals surface area contributed by atoms with Gasteiger partial charge in [-0.2, -0.15) is 0 Å². The highest BCUT2D eigenvalue weighted by Crippen LogP contribution is 2.30. The normalized spacial score (nSPS) is 18.3. The van der Waals surface area contributed by atoms with E-state index in [2.05, 4.69) is 10.3 Å². The Morgan fingerprint density at radius 3 is 2.95 bits per heavy atom. The summed E-state index contributed by atoms with van der Waals surface area (Å²) >= 11 is 0. The van der Waals surface area contributed by atoms with E-state index in [4.69, 9.17) is 5.73 Å². The predicted molar refractivity (Wildman–Crippen MR) is 81.1 cm³/mol. The minimum Gasteiger partial charge on any atom is -0.507 e. The van der Waals surface area contributed by atoms with E-state index >= 15 is 0 Å². The van der Waals surface area contributed by atoms with Crippen LogP contribution in [-0.4, -0.2) is 27.7 Å². The number of aromatic nitrogens is 2. The van der Waals surface area contributed by atoms with Gasteiger partial charge in [0.05, 0.1) is 11.3 Å². The highest BCUT2D eigenvalue weighted by molar-refractivity contribution is 5.67. The summed E-state index contributed by atoms with van der Waals surface area (Å²) in [6, 6.07) is 3.94. The van der Waals surface area contributed by atoms with E-state index in [9.17, 15) is 14.3 Å². The van der Waals surface area contributed by atoms with Gasteiger partial charge in [-0.15, -0.1) is 0 Å². The van der Waals surface area contributed by atoms with Crippen molar-refractivity contribution in [1.82, 2.24) is 14.9 Å². The predicted octanol–water partition coefficient (Wildman–Crippen LogP) is 1.26. The van der Waals surface area contributed by atoms with Crippen molar-refractivity contribution in [1.29, 1.82) is 0 Å². The van der Waals surface area contributed by atoms with Gasteiger partial charge in [0.25, 0.3) is 5.56 Å². The summed E-state index contributed by atoms with van der Waals surface area (Å²) in [7, 11) is 0. The van der Waals surface area contributed by atoms with E-state index in [-0.39, 0.29) is 28.9 Å². The molecule has 0 spiro atoms. The maximum Gasteiger partial charge on any atom is 0.293 e. The molecule has 0 saturated carbocycles. The van der Waals surface area contributed by atoms with Crippen molar-refractivity contribution in [3.05, 3.63) is 40.6 Å². The van der Waals surface area contributed by atoms with Gasteiger partial charge in [0.1, 0.15) is 11.6 Å². The van der Waals surface area contributed by atoms with Gasteiger partial charge in [0.2, 0.25) is 0 Å². The molecule has 0 amide bonds. The maximum absolute atomic E-state index is 14.0. The number of anilines is 1. The number of phenols is 1. The molecule has 0 bridgehead atoms. The third kappa shape index (κ3) is 2.55. The van der Waals surface area contributed by atoms with Crippen LogP contribution in [0.1, 0.15) is 18.9 Å². The second kappa shape index (κ2) is 5.76. The topological polar surface area (TPSA) is 93.2 Å². The number of hydrogen-bond acceptors (Lipinski definition) is 5. The van der Waals surface area contributed by atoms with Crippen LogP contribution in [0.15, 0.2) is 29.2 Å². The first-order valence-electron chi connectivity index (χ1n) is 7.15. The number of aromatic hydroxyl groups is 1. The van der Waals surface area contributed by atoms with E-state index in [1.54, 1.807) is 0 Å². The van der Waals surface area contributed by atoms with Gasteiger partial charge in [-0.1, -0.05) is 6.07 Å². The Balaban J connectivity index is 2.14. The molecule has 1 unspecified atom stereocenters. The number of nitrogens with two attached hydrogens (primary N) is 1. The highest BCUT2D eigenvalue weighted by atomic mass is 19.1. The van der Waals surface area contributed by atoms with Crippen LogP contribution in [0.3, 0.4) is 0 Å². The molecule has 1 aromatic carbocycles. The lowest BCUT2D eigenvalue weighted by Crippen LogP contribution is -2.37. The highest BCUT2D eigenvalue weighted by Gasteiger charge is 2.20. The van der Waals surface area contributed by atoms with Gasteiger partial charge in [0, 0.05) is 18.8 Å². The van der Waals surface area contributed by atoms with Gasteiger partial charge < -0.3 is 20.7 Å². The van der Waals surface area contributed by atoms with Crippen LogP contribution in [0, 0.1) is 5.82 Å². The molecular weight excluding hydrogens is 287 g/mol. The smallest absolute Gasteiger partial charge is 0.293 e. The molecule has 6 nitrogen and oxygen atoms in total. The third-order valence-corrected chi connectivity index (χ3v) is 3.87. The molecule has 0 radical (unpaired) electrons. The molecule has 1 fully saturated rings. The molecule has 1 aliphatic rings. The number of rotatable bonds is 2. The zero-order chi connectivity index (χ0) is 15.7. The largest absolute Gasteiger partial charge is 0.507 e. The minimum absolute atomic E-state index is 0.0493. The summed E-state index contributed by atoms with van der Waals surface area (Å²) in [5, 5.41) is 13.1. The molecule has 2 heterocycles. The first kappa shape index (κ1) is 14.5. The van der Waals surface area contributed by atoms with E-state index in [1.807, 2.05) is 0 Å². The van der Waals surface area contributed by atoms with Crippen molar-refractivity contribution in [3.8, 4) is 17.0 Å². The van der Waals surface area contributed by atoms with Crippen molar-refractivity contribution < 1.29 is 9.50 Å².